The largest absolute Gasteiger partial charge is 0.508 e. The van der Waals surface area contributed by atoms with E-state index in [0.717, 1.165) is 5.56 Å². The van der Waals surface area contributed by atoms with Gasteiger partial charge >= 0.3 is 5.97 Å². The maximum Gasteiger partial charge on any atom is 0.333 e. The first-order valence-corrected chi connectivity index (χ1v) is 10.7. The molecule has 0 radical (unpaired) electrons. The Kier molecular flexibility index (Phi) is 8.54. The summed E-state index contributed by atoms with van der Waals surface area (Å²) in [6.45, 7) is 8.17. The van der Waals surface area contributed by atoms with Crippen LogP contribution in [0, 0.1) is 0 Å². The molecule has 168 valence electrons. The van der Waals surface area contributed by atoms with Crippen molar-refractivity contribution in [3.8, 4) is 11.5 Å². The lowest BCUT2D eigenvalue weighted by Crippen LogP contribution is -2.26. The number of benzene rings is 2. The number of esters is 1. The van der Waals surface area contributed by atoms with Crippen LogP contribution in [0.5, 0.6) is 11.5 Å². The van der Waals surface area contributed by atoms with Crippen molar-refractivity contribution in [3.05, 3.63) is 67.6 Å². The van der Waals surface area contributed by atoms with E-state index in [1.807, 2.05) is 13.8 Å². The number of phenolic OH excluding ortho intramolecular Hbond substituents is 1. The summed E-state index contributed by atoms with van der Waals surface area (Å²) in [4.78, 5) is 11.4. The smallest absolute Gasteiger partial charge is 0.333 e. The number of carbonyl (C=O) groups excluding carboxylic acids is 1. The molecule has 0 bridgehead atoms. The van der Waals surface area contributed by atoms with Gasteiger partial charge in [-0.15, -0.1) is 0 Å². The highest BCUT2D eigenvalue weighted by molar-refractivity contribution is 6.49. The monoisotopic (exact) mass is 506 g/mol. The van der Waals surface area contributed by atoms with Crippen molar-refractivity contribution in [2.45, 2.75) is 32.3 Å². The molecule has 2 N–H and O–H groups in total. The predicted molar refractivity (Wildman–Crippen MR) is 124 cm³/mol. The molecule has 0 spiro atoms. The van der Waals surface area contributed by atoms with Gasteiger partial charge in [0.1, 0.15) is 35.1 Å². The first-order valence-electron chi connectivity index (χ1n) is 9.17. The van der Waals surface area contributed by atoms with Crippen LogP contribution in [0.4, 0.5) is 0 Å². The van der Waals surface area contributed by atoms with Gasteiger partial charge in [-0.05, 0) is 24.6 Å². The fourth-order valence-corrected chi connectivity index (χ4v) is 4.25. The van der Waals surface area contributed by atoms with Crippen molar-refractivity contribution < 1.29 is 24.5 Å². The molecule has 0 amide bonds. The average Bonchev–Trinajstić information content (AvgIpc) is 2.70. The number of rotatable bonds is 8. The number of aromatic hydroxyl groups is 1. The van der Waals surface area contributed by atoms with E-state index in [-0.39, 0.29) is 50.4 Å². The zero-order valence-corrected chi connectivity index (χ0v) is 20.2. The molecule has 9 heteroatoms. The van der Waals surface area contributed by atoms with Gasteiger partial charge in [-0.1, -0.05) is 79.0 Å². The van der Waals surface area contributed by atoms with E-state index in [0.29, 0.717) is 5.56 Å². The summed E-state index contributed by atoms with van der Waals surface area (Å²) >= 11 is 26.0. The molecule has 2 aromatic rings. The number of hydrogen-bond acceptors (Lipinski definition) is 5. The van der Waals surface area contributed by atoms with Gasteiger partial charge in [0.2, 0.25) is 0 Å². The van der Waals surface area contributed by atoms with Crippen molar-refractivity contribution >= 4 is 52.4 Å². The van der Waals surface area contributed by atoms with Gasteiger partial charge < -0.3 is 19.7 Å². The number of phenols is 1. The van der Waals surface area contributed by atoms with Crippen molar-refractivity contribution in [3.63, 3.8) is 0 Å². The van der Waals surface area contributed by atoms with Crippen LogP contribution in [0.1, 0.15) is 31.9 Å². The standard InChI is InChI=1S/C22H22Cl4O5/c1-11(2)21(29)31-10-14(28)9-30-20-18(25)16(23)15(17(24)19(20)26)22(3,4)12-5-7-13(27)8-6-12/h5-8,14,27-28H,1,9-10H2,2-4H3. The second-order valence-corrected chi connectivity index (χ2v) is 8.99. The molecule has 0 saturated heterocycles. The third-order valence-electron chi connectivity index (χ3n) is 4.61. The zero-order chi connectivity index (χ0) is 23.5. The molecule has 31 heavy (non-hydrogen) atoms. The number of halogens is 4. The Labute approximate surface area is 201 Å². The molecular weight excluding hydrogens is 486 g/mol. The summed E-state index contributed by atoms with van der Waals surface area (Å²) in [5.41, 5.74) is 0.818. The predicted octanol–water partition coefficient (Wildman–Crippen LogP) is 6.19. The highest BCUT2D eigenvalue weighted by Gasteiger charge is 2.33. The molecule has 0 aliphatic carbocycles. The van der Waals surface area contributed by atoms with Gasteiger partial charge in [0.15, 0.2) is 5.75 Å². The van der Waals surface area contributed by atoms with E-state index in [1.54, 1.807) is 24.3 Å². The highest BCUT2D eigenvalue weighted by atomic mass is 35.5. The molecule has 0 saturated carbocycles. The lowest BCUT2D eigenvalue weighted by atomic mass is 9.78. The summed E-state index contributed by atoms with van der Waals surface area (Å²) in [6.07, 6.45) is -1.14. The minimum atomic E-state index is -1.14. The van der Waals surface area contributed by atoms with Gasteiger partial charge in [-0.25, -0.2) is 4.79 Å². The number of aliphatic hydroxyl groups is 1. The van der Waals surface area contributed by atoms with E-state index in [1.165, 1.54) is 6.92 Å². The highest BCUT2D eigenvalue weighted by Crippen LogP contribution is 2.51. The number of aliphatic hydroxyl groups excluding tert-OH is 1. The molecule has 2 aromatic carbocycles. The second kappa shape index (κ2) is 10.3. The summed E-state index contributed by atoms with van der Waals surface area (Å²) < 4.78 is 10.4. The van der Waals surface area contributed by atoms with Gasteiger partial charge in [0, 0.05) is 16.6 Å². The van der Waals surface area contributed by atoms with Crippen LogP contribution in [0.25, 0.3) is 0 Å². The quantitative estimate of drug-likeness (QED) is 0.253. The molecular formula is C22H22Cl4O5. The van der Waals surface area contributed by atoms with Crippen LogP contribution in [0.15, 0.2) is 36.4 Å². The van der Waals surface area contributed by atoms with Gasteiger partial charge in [-0.3, -0.25) is 0 Å². The normalized spacial score (nSPS) is 12.4. The van der Waals surface area contributed by atoms with E-state index >= 15 is 0 Å². The van der Waals surface area contributed by atoms with Gasteiger partial charge in [0.05, 0.1) is 10.0 Å². The molecule has 0 heterocycles. The van der Waals surface area contributed by atoms with Crippen molar-refractivity contribution in [2.75, 3.05) is 13.2 Å². The minimum absolute atomic E-state index is 0.00821. The topological polar surface area (TPSA) is 76.0 Å². The Hall–Kier alpha value is -1.63. The fourth-order valence-electron chi connectivity index (χ4n) is 2.83. The zero-order valence-electron chi connectivity index (χ0n) is 17.1. The first kappa shape index (κ1) is 25.6. The number of hydrogen-bond donors (Lipinski definition) is 2. The van der Waals surface area contributed by atoms with Crippen LogP contribution in [-0.4, -0.2) is 35.5 Å². The molecule has 5 nitrogen and oxygen atoms in total. The van der Waals surface area contributed by atoms with Crippen LogP contribution < -0.4 is 4.74 Å². The molecule has 0 aliphatic heterocycles. The molecule has 0 fully saturated rings. The second-order valence-electron chi connectivity index (χ2n) is 7.48. The molecule has 0 aromatic heterocycles. The van der Waals surface area contributed by atoms with Crippen LogP contribution in [0.3, 0.4) is 0 Å². The average molecular weight is 508 g/mol. The number of carbonyl (C=O) groups is 1. The summed E-state index contributed by atoms with van der Waals surface area (Å²) in [6, 6.07) is 6.61. The molecule has 1 atom stereocenters. The van der Waals surface area contributed by atoms with Crippen LogP contribution in [0.2, 0.25) is 20.1 Å². The van der Waals surface area contributed by atoms with Crippen molar-refractivity contribution in [2.24, 2.45) is 0 Å². The summed E-state index contributed by atoms with van der Waals surface area (Å²) in [7, 11) is 0. The molecule has 2 rings (SSSR count). The summed E-state index contributed by atoms with van der Waals surface area (Å²) in [5, 5.41) is 19.9. The van der Waals surface area contributed by atoms with Crippen molar-refractivity contribution in [1.82, 2.24) is 0 Å². The Bertz CT molecular complexity index is 957. The maximum absolute atomic E-state index is 11.4. The first-order chi connectivity index (χ1) is 14.4. The molecule has 0 aliphatic rings. The lowest BCUT2D eigenvalue weighted by Gasteiger charge is -2.30. The Morgan fingerprint density at radius 3 is 2.03 bits per heavy atom. The number of ether oxygens (including phenoxy) is 2. The minimum Gasteiger partial charge on any atom is -0.508 e. The van der Waals surface area contributed by atoms with Gasteiger partial charge in [-0.2, -0.15) is 0 Å². The fraction of sp³-hybridized carbons (Fsp3) is 0.318. The maximum atomic E-state index is 11.4. The van der Waals surface area contributed by atoms with E-state index < -0.39 is 17.5 Å². The van der Waals surface area contributed by atoms with Crippen LogP contribution in [-0.2, 0) is 14.9 Å². The van der Waals surface area contributed by atoms with E-state index in [2.05, 4.69) is 6.58 Å². The Morgan fingerprint density at radius 2 is 1.55 bits per heavy atom. The van der Waals surface area contributed by atoms with Gasteiger partial charge in [0.25, 0.3) is 0 Å². The van der Waals surface area contributed by atoms with Crippen molar-refractivity contribution in [1.29, 1.82) is 0 Å². The third kappa shape index (κ3) is 5.79. The third-order valence-corrected chi connectivity index (χ3v) is 6.28. The van der Waals surface area contributed by atoms with E-state index in [4.69, 9.17) is 55.9 Å². The van der Waals surface area contributed by atoms with E-state index in [9.17, 15) is 15.0 Å². The van der Waals surface area contributed by atoms with Crippen LogP contribution >= 0.6 is 46.4 Å². The molecule has 1 unspecified atom stereocenters. The lowest BCUT2D eigenvalue weighted by molar-refractivity contribution is -0.142. The summed E-state index contributed by atoms with van der Waals surface area (Å²) in [5.74, 6) is -0.486. The Balaban J connectivity index is 2.30. The SMILES string of the molecule is C=C(C)C(=O)OCC(O)COc1c(Cl)c(Cl)c(C(C)(C)c2ccc(O)cc2)c(Cl)c1Cl. The Morgan fingerprint density at radius 1 is 1.03 bits per heavy atom.